The Morgan fingerprint density at radius 3 is 2.59 bits per heavy atom. The minimum atomic E-state index is 0.0755. The monoisotopic (exact) mass is 238 g/mol. The van der Waals surface area contributed by atoms with Gasteiger partial charge >= 0.3 is 0 Å². The van der Waals surface area contributed by atoms with Crippen LogP contribution in [0.2, 0.25) is 0 Å². The van der Waals surface area contributed by atoms with Gasteiger partial charge in [0, 0.05) is 12.6 Å². The zero-order valence-corrected chi connectivity index (χ0v) is 11.4. The first-order valence-corrected chi connectivity index (χ1v) is 7.11. The molecule has 1 amide bonds. The highest BCUT2D eigenvalue weighted by atomic mass is 16.2. The van der Waals surface area contributed by atoms with Crippen LogP contribution < -0.4 is 5.32 Å². The van der Waals surface area contributed by atoms with E-state index >= 15 is 0 Å². The van der Waals surface area contributed by atoms with Crippen LogP contribution in [0.5, 0.6) is 0 Å². The number of rotatable bonds is 1. The lowest BCUT2D eigenvalue weighted by molar-refractivity contribution is -0.138. The molecule has 2 aliphatic rings. The lowest BCUT2D eigenvalue weighted by atomic mass is 9.90. The van der Waals surface area contributed by atoms with Gasteiger partial charge in [0.25, 0.3) is 0 Å². The van der Waals surface area contributed by atoms with Crippen molar-refractivity contribution in [3.05, 3.63) is 0 Å². The van der Waals surface area contributed by atoms with E-state index in [1.165, 1.54) is 12.8 Å². The van der Waals surface area contributed by atoms with E-state index in [9.17, 15) is 4.79 Å². The molecule has 1 N–H and O–H groups in total. The normalized spacial score (nSPS) is 39.1. The summed E-state index contributed by atoms with van der Waals surface area (Å²) < 4.78 is 0. The topological polar surface area (TPSA) is 32.3 Å². The van der Waals surface area contributed by atoms with Crippen LogP contribution in [0.15, 0.2) is 0 Å². The number of hydrogen-bond donors (Lipinski definition) is 1. The molecule has 0 saturated carbocycles. The lowest BCUT2D eigenvalue weighted by Crippen LogP contribution is -2.54. The smallest absolute Gasteiger partial charge is 0.239 e. The van der Waals surface area contributed by atoms with Crippen molar-refractivity contribution in [2.75, 3.05) is 13.1 Å². The second-order valence-corrected chi connectivity index (χ2v) is 6.16. The molecule has 98 valence electrons. The summed E-state index contributed by atoms with van der Waals surface area (Å²) in [4.78, 5) is 14.6. The molecule has 4 atom stereocenters. The van der Waals surface area contributed by atoms with Crippen LogP contribution in [-0.2, 0) is 4.79 Å². The van der Waals surface area contributed by atoms with Gasteiger partial charge in [-0.2, -0.15) is 0 Å². The second kappa shape index (κ2) is 5.38. The fraction of sp³-hybridized carbons (Fsp3) is 0.929. The average molecular weight is 238 g/mol. The summed E-state index contributed by atoms with van der Waals surface area (Å²) in [6.45, 7) is 8.64. The van der Waals surface area contributed by atoms with Crippen molar-refractivity contribution < 1.29 is 4.79 Å². The molecular formula is C14H26N2O. The van der Waals surface area contributed by atoms with Crippen LogP contribution in [0, 0.1) is 11.8 Å². The Morgan fingerprint density at radius 1 is 1.12 bits per heavy atom. The van der Waals surface area contributed by atoms with Crippen LogP contribution >= 0.6 is 0 Å². The van der Waals surface area contributed by atoms with Gasteiger partial charge in [0.05, 0.1) is 6.04 Å². The third-order valence-electron chi connectivity index (χ3n) is 4.36. The number of nitrogens with zero attached hydrogens (tertiary/aromatic N) is 1. The fourth-order valence-corrected chi connectivity index (χ4v) is 3.09. The number of likely N-dealkylation sites (tertiary alicyclic amines) is 1. The molecule has 2 saturated heterocycles. The molecule has 17 heavy (non-hydrogen) atoms. The second-order valence-electron chi connectivity index (χ2n) is 6.16. The van der Waals surface area contributed by atoms with E-state index in [-0.39, 0.29) is 6.04 Å². The summed E-state index contributed by atoms with van der Waals surface area (Å²) in [5.74, 6) is 1.69. The molecule has 2 aliphatic heterocycles. The van der Waals surface area contributed by atoms with E-state index in [0.29, 0.717) is 23.8 Å². The molecule has 4 unspecified atom stereocenters. The number of piperidine rings is 2. The maximum Gasteiger partial charge on any atom is 0.239 e. The Balaban J connectivity index is 1.97. The quantitative estimate of drug-likeness (QED) is 0.758. The molecule has 2 rings (SSSR count). The summed E-state index contributed by atoms with van der Waals surface area (Å²) in [7, 11) is 0. The molecule has 0 radical (unpaired) electrons. The van der Waals surface area contributed by atoms with Crippen molar-refractivity contribution in [1.29, 1.82) is 0 Å². The van der Waals surface area contributed by atoms with Crippen molar-refractivity contribution in [2.24, 2.45) is 11.8 Å². The van der Waals surface area contributed by atoms with Crippen molar-refractivity contribution in [1.82, 2.24) is 10.2 Å². The molecule has 0 aliphatic carbocycles. The van der Waals surface area contributed by atoms with Crippen molar-refractivity contribution in [3.63, 3.8) is 0 Å². The fourth-order valence-electron chi connectivity index (χ4n) is 3.09. The molecule has 0 aromatic rings. The van der Waals surface area contributed by atoms with E-state index in [1.807, 2.05) is 0 Å². The molecule has 3 nitrogen and oxygen atoms in total. The number of carbonyl (C=O) groups is 1. The minimum absolute atomic E-state index is 0.0755. The lowest BCUT2D eigenvalue weighted by Gasteiger charge is -2.40. The summed E-state index contributed by atoms with van der Waals surface area (Å²) >= 11 is 0. The Bertz CT molecular complexity index is 279. The van der Waals surface area contributed by atoms with Gasteiger partial charge in [0.1, 0.15) is 0 Å². The van der Waals surface area contributed by atoms with Crippen LogP contribution in [0.25, 0.3) is 0 Å². The molecular weight excluding hydrogens is 212 g/mol. The number of carbonyl (C=O) groups excluding carboxylic acids is 1. The van der Waals surface area contributed by atoms with E-state index in [1.54, 1.807) is 0 Å². The van der Waals surface area contributed by atoms with Gasteiger partial charge in [-0.05, 0) is 51.0 Å². The van der Waals surface area contributed by atoms with E-state index in [0.717, 1.165) is 25.9 Å². The highest BCUT2D eigenvalue weighted by molar-refractivity contribution is 5.82. The van der Waals surface area contributed by atoms with Crippen LogP contribution in [0.3, 0.4) is 0 Å². The van der Waals surface area contributed by atoms with E-state index in [2.05, 4.69) is 31.0 Å². The zero-order chi connectivity index (χ0) is 12.4. The first-order chi connectivity index (χ1) is 8.08. The summed E-state index contributed by atoms with van der Waals surface area (Å²) in [5, 5.41) is 3.39. The van der Waals surface area contributed by atoms with Crippen molar-refractivity contribution in [2.45, 2.75) is 58.5 Å². The van der Waals surface area contributed by atoms with Gasteiger partial charge in [-0.15, -0.1) is 0 Å². The summed E-state index contributed by atoms with van der Waals surface area (Å²) in [6, 6.07) is 0.504. The third kappa shape index (κ3) is 3.01. The van der Waals surface area contributed by atoms with E-state index < -0.39 is 0 Å². The molecule has 0 spiro atoms. The first-order valence-electron chi connectivity index (χ1n) is 7.11. The van der Waals surface area contributed by atoms with Gasteiger partial charge in [-0.3, -0.25) is 4.79 Å². The van der Waals surface area contributed by atoms with Crippen LogP contribution in [0.1, 0.15) is 46.5 Å². The summed E-state index contributed by atoms with van der Waals surface area (Å²) in [5.41, 5.74) is 0. The van der Waals surface area contributed by atoms with Crippen molar-refractivity contribution >= 4 is 5.91 Å². The van der Waals surface area contributed by atoms with Crippen molar-refractivity contribution in [3.8, 4) is 0 Å². The highest BCUT2D eigenvalue weighted by Gasteiger charge is 2.33. The Morgan fingerprint density at radius 2 is 1.88 bits per heavy atom. The van der Waals surface area contributed by atoms with E-state index in [4.69, 9.17) is 0 Å². The number of nitrogens with one attached hydrogen (secondary N) is 1. The Kier molecular flexibility index (Phi) is 4.08. The zero-order valence-electron chi connectivity index (χ0n) is 11.4. The SMILES string of the molecule is CC1CCNC(C(=O)N2CC(C)CCC2C)C1. The van der Waals surface area contributed by atoms with Crippen LogP contribution in [0.4, 0.5) is 0 Å². The summed E-state index contributed by atoms with van der Waals surface area (Å²) in [6.07, 6.45) is 4.64. The van der Waals surface area contributed by atoms with Crippen LogP contribution in [-0.4, -0.2) is 36.0 Å². The van der Waals surface area contributed by atoms with Gasteiger partial charge in [0.2, 0.25) is 5.91 Å². The molecule has 0 aromatic heterocycles. The number of amides is 1. The van der Waals surface area contributed by atoms with Gasteiger partial charge < -0.3 is 10.2 Å². The Hall–Kier alpha value is -0.570. The van der Waals surface area contributed by atoms with Gasteiger partial charge in [0.15, 0.2) is 0 Å². The average Bonchev–Trinajstić information content (AvgIpc) is 2.31. The highest BCUT2D eigenvalue weighted by Crippen LogP contribution is 2.24. The van der Waals surface area contributed by atoms with Gasteiger partial charge in [-0.25, -0.2) is 0 Å². The number of hydrogen-bond acceptors (Lipinski definition) is 2. The largest absolute Gasteiger partial charge is 0.338 e. The molecule has 2 fully saturated rings. The Labute approximate surface area is 105 Å². The maximum absolute atomic E-state index is 12.5. The third-order valence-corrected chi connectivity index (χ3v) is 4.36. The first kappa shape index (κ1) is 12.9. The molecule has 3 heteroatoms. The molecule has 0 aromatic carbocycles. The predicted molar refractivity (Wildman–Crippen MR) is 69.8 cm³/mol. The molecule has 2 heterocycles. The minimum Gasteiger partial charge on any atom is -0.338 e. The molecule has 0 bridgehead atoms. The standard InChI is InChI=1S/C14H26N2O/c1-10-6-7-15-13(8-10)14(17)16-9-11(2)4-5-12(16)3/h10-13,15H,4-9H2,1-3H3. The maximum atomic E-state index is 12.5. The van der Waals surface area contributed by atoms with Gasteiger partial charge in [-0.1, -0.05) is 13.8 Å². The predicted octanol–water partition coefficient (Wildman–Crippen LogP) is 2.02.